The van der Waals surface area contributed by atoms with E-state index in [0.29, 0.717) is 23.7 Å². The zero-order chi connectivity index (χ0) is 17.0. The quantitative estimate of drug-likeness (QED) is 0.353. The number of ether oxygens (including phenoxy) is 2. The second-order valence-electron chi connectivity index (χ2n) is 4.92. The zero-order valence-electron chi connectivity index (χ0n) is 12.7. The van der Waals surface area contributed by atoms with E-state index in [0.717, 1.165) is 25.4 Å². The molecule has 6 heteroatoms. The van der Waals surface area contributed by atoms with Crippen molar-refractivity contribution >= 4 is 53.8 Å². The minimum Gasteiger partial charge on any atom is -0.492 e. The van der Waals surface area contributed by atoms with Gasteiger partial charge in [-0.3, -0.25) is 0 Å². The van der Waals surface area contributed by atoms with Crippen molar-refractivity contribution in [3.8, 4) is 11.5 Å². The number of benzene rings is 2. The molecule has 0 aliphatic carbocycles. The Morgan fingerprint density at radius 3 is 2.43 bits per heavy atom. The van der Waals surface area contributed by atoms with Gasteiger partial charge in [0.1, 0.15) is 11.5 Å². The molecule has 0 spiro atoms. The third-order valence-corrected chi connectivity index (χ3v) is 4.68. The van der Waals surface area contributed by atoms with Crippen LogP contribution in [0.4, 0.5) is 0 Å². The van der Waals surface area contributed by atoms with Crippen molar-refractivity contribution in [3.63, 3.8) is 0 Å². The Kier molecular flexibility index (Phi) is 6.68. The first-order valence-corrected chi connectivity index (χ1v) is 9.40. The maximum atomic E-state index is 12.4. The molecule has 122 valence electrons. The van der Waals surface area contributed by atoms with Crippen molar-refractivity contribution in [2.24, 2.45) is 0 Å². The van der Waals surface area contributed by atoms with Crippen LogP contribution in [-0.2, 0) is 0 Å². The van der Waals surface area contributed by atoms with E-state index in [9.17, 15) is 4.79 Å². The molecule has 0 fully saturated rings. The smallest absolute Gasteiger partial charge is 0.343 e. The van der Waals surface area contributed by atoms with E-state index >= 15 is 0 Å². The molecule has 0 saturated carbocycles. The summed E-state index contributed by atoms with van der Waals surface area (Å²) in [5.74, 6) is 0.809. The molecular formula is C17H15Br3O3. The average Bonchev–Trinajstić information content (AvgIpc) is 2.49. The lowest BCUT2D eigenvalue weighted by Gasteiger charge is -2.11. The van der Waals surface area contributed by atoms with E-state index in [4.69, 9.17) is 9.47 Å². The lowest BCUT2D eigenvalue weighted by molar-refractivity contribution is 0.0732. The molecule has 0 amide bonds. The van der Waals surface area contributed by atoms with Crippen LogP contribution < -0.4 is 9.47 Å². The number of halogens is 3. The van der Waals surface area contributed by atoms with Crippen molar-refractivity contribution in [1.29, 1.82) is 0 Å². The Morgan fingerprint density at radius 1 is 1.09 bits per heavy atom. The van der Waals surface area contributed by atoms with E-state index in [1.54, 1.807) is 18.2 Å². The highest BCUT2D eigenvalue weighted by molar-refractivity contribution is 9.11. The monoisotopic (exact) mass is 504 g/mol. The Bertz CT molecular complexity index is 706. The number of carbonyl (C=O) groups is 1. The number of aryl methyl sites for hydroxylation is 1. The lowest BCUT2D eigenvalue weighted by atomic mass is 10.2. The molecule has 2 rings (SSSR count). The number of rotatable bonds is 5. The van der Waals surface area contributed by atoms with Gasteiger partial charge >= 0.3 is 5.97 Å². The SMILES string of the molecule is CCCOc1ccc(C(=O)Oc2c(C)cc(Br)cc2Br)cc1Br. The van der Waals surface area contributed by atoms with Gasteiger partial charge in [0.25, 0.3) is 0 Å². The predicted octanol–water partition coefficient (Wildman–Crippen LogP) is 6.29. The van der Waals surface area contributed by atoms with Crippen molar-refractivity contribution in [2.75, 3.05) is 6.61 Å². The topological polar surface area (TPSA) is 35.5 Å². The van der Waals surface area contributed by atoms with Crippen LogP contribution >= 0.6 is 47.8 Å². The molecule has 2 aromatic rings. The predicted molar refractivity (Wildman–Crippen MR) is 101 cm³/mol. The molecule has 0 unspecified atom stereocenters. The maximum absolute atomic E-state index is 12.4. The summed E-state index contributed by atoms with van der Waals surface area (Å²) in [7, 11) is 0. The first-order chi connectivity index (χ1) is 10.9. The van der Waals surface area contributed by atoms with Gasteiger partial charge in [-0.25, -0.2) is 4.79 Å². The van der Waals surface area contributed by atoms with E-state index in [1.807, 2.05) is 26.0 Å². The van der Waals surface area contributed by atoms with Gasteiger partial charge in [-0.05, 0) is 81.1 Å². The van der Waals surface area contributed by atoms with E-state index in [2.05, 4.69) is 47.8 Å². The summed E-state index contributed by atoms with van der Waals surface area (Å²) >= 11 is 10.2. The fourth-order valence-electron chi connectivity index (χ4n) is 1.93. The molecule has 3 nitrogen and oxygen atoms in total. The molecule has 0 radical (unpaired) electrons. The second kappa shape index (κ2) is 8.31. The van der Waals surface area contributed by atoms with Crippen molar-refractivity contribution in [1.82, 2.24) is 0 Å². The van der Waals surface area contributed by atoms with Gasteiger partial charge in [-0.2, -0.15) is 0 Å². The van der Waals surface area contributed by atoms with Gasteiger partial charge < -0.3 is 9.47 Å². The summed E-state index contributed by atoms with van der Waals surface area (Å²) in [5.41, 5.74) is 1.32. The van der Waals surface area contributed by atoms with Crippen LogP contribution in [0, 0.1) is 6.92 Å². The minimum atomic E-state index is -0.418. The Balaban J connectivity index is 2.20. The molecule has 0 heterocycles. The molecule has 0 aliphatic heterocycles. The van der Waals surface area contributed by atoms with Crippen LogP contribution in [0.25, 0.3) is 0 Å². The summed E-state index contributed by atoms with van der Waals surface area (Å²) in [6, 6.07) is 8.90. The summed E-state index contributed by atoms with van der Waals surface area (Å²) in [5, 5.41) is 0. The van der Waals surface area contributed by atoms with Crippen molar-refractivity contribution in [3.05, 3.63) is 54.9 Å². The van der Waals surface area contributed by atoms with Gasteiger partial charge in [0.15, 0.2) is 0 Å². The zero-order valence-corrected chi connectivity index (χ0v) is 17.4. The van der Waals surface area contributed by atoms with Crippen LogP contribution in [0.3, 0.4) is 0 Å². The molecule has 23 heavy (non-hydrogen) atoms. The normalized spacial score (nSPS) is 10.5. The fraction of sp³-hybridized carbons (Fsp3) is 0.235. The Morgan fingerprint density at radius 2 is 1.83 bits per heavy atom. The van der Waals surface area contributed by atoms with Crippen molar-refractivity contribution in [2.45, 2.75) is 20.3 Å². The Labute approximate surface area is 160 Å². The minimum absolute atomic E-state index is 0.418. The summed E-state index contributed by atoms with van der Waals surface area (Å²) in [4.78, 5) is 12.4. The molecular weight excluding hydrogens is 492 g/mol. The van der Waals surface area contributed by atoms with Gasteiger partial charge in [0.05, 0.1) is 21.1 Å². The third kappa shape index (κ3) is 4.81. The number of esters is 1. The molecule has 0 saturated heterocycles. The van der Waals surface area contributed by atoms with E-state index < -0.39 is 5.97 Å². The van der Waals surface area contributed by atoms with E-state index in [1.165, 1.54) is 0 Å². The lowest BCUT2D eigenvalue weighted by Crippen LogP contribution is -2.10. The van der Waals surface area contributed by atoms with Crippen LogP contribution in [0.1, 0.15) is 29.3 Å². The largest absolute Gasteiger partial charge is 0.492 e. The van der Waals surface area contributed by atoms with Crippen LogP contribution in [0.5, 0.6) is 11.5 Å². The second-order valence-corrected chi connectivity index (χ2v) is 7.54. The Hall–Kier alpha value is -0.850. The average molecular weight is 507 g/mol. The molecule has 0 atom stereocenters. The number of carbonyl (C=O) groups excluding carboxylic acids is 1. The molecule has 2 aromatic carbocycles. The molecule has 0 aromatic heterocycles. The van der Waals surface area contributed by atoms with Gasteiger partial charge in [0, 0.05) is 4.47 Å². The van der Waals surface area contributed by atoms with Gasteiger partial charge in [0.2, 0.25) is 0 Å². The first-order valence-electron chi connectivity index (χ1n) is 7.02. The first kappa shape index (κ1) is 18.5. The van der Waals surface area contributed by atoms with Crippen LogP contribution in [0.2, 0.25) is 0 Å². The fourth-order valence-corrected chi connectivity index (χ4v) is 3.94. The third-order valence-electron chi connectivity index (χ3n) is 3.02. The highest BCUT2D eigenvalue weighted by Crippen LogP contribution is 2.33. The number of hydrogen-bond acceptors (Lipinski definition) is 3. The molecule has 0 N–H and O–H groups in total. The van der Waals surface area contributed by atoms with E-state index in [-0.39, 0.29) is 0 Å². The molecule has 0 aliphatic rings. The highest BCUT2D eigenvalue weighted by Gasteiger charge is 2.15. The van der Waals surface area contributed by atoms with Crippen molar-refractivity contribution < 1.29 is 14.3 Å². The van der Waals surface area contributed by atoms with Gasteiger partial charge in [-0.1, -0.05) is 22.9 Å². The summed E-state index contributed by atoms with van der Waals surface area (Å²) in [6.07, 6.45) is 0.924. The molecule has 0 bridgehead atoms. The van der Waals surface area contributed by atoms with Gasteiger partial charge in [-0.15, -0.1) is 0 Å². The highest BCUT2D eigenvalue weighted by atomic mass is 79.9. The standard InChI is InChI=1S/C17H15Br3O3/c1-3-6-22-15-5-4-11(8-13(15)19)17(21)23-16-10(2)7-12(18)9-14(16)20/h4-5,7-9H,3,6H2,1-2H3. The van der Waals surface area contributed by atoms with Crippen LogP contribution in [0.15, 0.2) is 43.7 Å². The summed E-state index contributed by atoms with van der Waals surface area (Å²) < 4.78 is 13.5. The summed E-state index contributed by atoms with van der Waals surface area (Å²) in [6.45, 7) is 4.56. The maximum Gasteiger partial charge on any atom is 0.343 e. The van der Waals surface area contributed by atoms with Crippen LogP contribution in [-0.4, -0.2) is 12.6 Å². The number of hydrogen-bond donors (Lipinski definition) is 0.